The van der Waals surface area contributed by atoms with Crippen LogP contribution in [0.5, 0.6) is 5.75 Å². The normalized spacial score (nSPS) is 19.3. The fourth-order valence-corrected chi connectivity index (χ4v) is 3.08. The summed E-state index contributed by atoms with van der Waals surface area (Å²) in [6.45, 7) is 6.12. The molecule has 0 N–H and O–H groups in total. The molecule has 1 aromatic rings. The highest BCUT2D eigenvalue weighted by molar-refractivity contribution is 5.80. The molecule has 0 bridgehead atoms. The minimum Gasteiger partial charge on any atom is -0.492 e. The first-order valence-corrected chi connectivity index (χ1v) is 8.05. The average Bonchev–Trinajstić information content (AvgIpc) is 2.47. The number of amides is 1. The fourth-order valence-electron chi connectivity index (χ4n) is 3.08. The predicted octanol–water partition coefficient (Wildman–Crippen LogP) is 2.53. The van der Waals surface area contributed by atoms with E-state index in [9.17, 15) is 4.79 Å². The van der Waals surface area contributed by atoms with Crippen LogP contribution in [-0.4, -0.2) is 43.6 Å². The first kappa shape index (κ1) is 14.2. The summed E-state index contributed by atoms with van der Waals surface area (Å²) in [5.74, 6) is 1.63. The van der Waals surface area contributed by atoms with E-state index < -0.39 is 0 Å². The Kier molecular flexibility index (Phi) is 4.32. The summed E-state index contributed by atoms with van der Waals surface area (Å²) in [5.41, 5.74) is 1.15. The first-order valence-electron chi connectivity index (χ1n) is 8.05. The van der Waals surface area contributed by atoms with Gasteiger partial charge in [-0.15, -0.1) is 0 Å². The molecule has 4 nitrogen and oxygen atoms in total. The summed E-state index contributed by atoms with van der Waals surface area (Å²) in [6.07, 6.45) is 3.40. The third kappa shape index (κ3) is 2.99. The van der Waals surface area contributed by atoms with Crippen molar-refractivity contribution in [2.24, 2.45) is 5.92 Å². The molecule has 1 aromatic carbocycles. The standard InChI is InChI=1S/C17H24N2O2/c1-2-21-16-9-4-3-8-15(16)18-10-12-19(13-11-18)17(20)14-6-5-7-14/h3-4,8-9,14H,2,5-7,10-13H2,1H3. The van der Waals surface area contributed by atoms with Gasteiger partial charge < -0.3 is 14.5 Å². The third-order valence-corrected chi connectivity index (χ3v) is 4.55. The molecule has 4 heteroatoms. The Morgan fingerprint density at radius 2 is 1.90 bits per heavy atom. The summed E-state index contributed by atoms with van der Waals surface area (Å²) < 4.78 is 5.71. The maximum Gasteiger partial charge on any atom is 0.225 e. The smallest absolute Gasteiger partial charge is 0.225 e. The van der Waals surface area contributed by atoms with Crippen LogP contribution in [0.4, 0.5) is 5.69 Å². The molecule has 21 heavy (non-hydrogen) atoms. The Balaban J connectivity index is 1.61. The maximum atomic E-state index is 12.3. The molecule has 114 valence electrons. The fraction of sp³-hybridized carbons (Fsp3) is 0.588. The van der Waals surface area contributed by atoms with Crippen LogP contribution in [0.25, 0.3) is 0 Å². The van der Waals surface area contributed by atoms with Crippen molar-refractivity contribution in [3.05, 3.63) is 24.3 Å². The van der Waals surface area contributed by atoms with Crippen LogP contribution < -0.4 is 9.64 Å². The van der Waals surface area contributed by atoms with Crippen LogP contribution in [0.3, 0.4) is 0 Å². The minimum atomic E-state index is 0.312. The van der Waals surface area contributed by atoms with Crippen LogP contribution in [0.1, 0.15) is 26.2 Å². The van der Waals surface area contributed by atoms with Crippen molar-refractivity contribution in [2.75, 3.05) is 37.7 Å². The van der Waals surface area contributed by atoms with Crippen LogP contribution >= 0.6 is 0 Å². The molecule has 1 aliphatic heterocycles. The number of para-hydroxylation sites is 2. The van der Waals surface area contributed by atoms with Gasteiger partial charge >= 0.3 is 0 Å². The van der Waals surface area contributed by atoms with Crippen LogP contribution in [-0.2, 0) is 4.79 Å². The summed E-state index contributed by atoms with van der Waals surface area (Å²) in [6, 6.07) is 8.17. The zero-order chi connectivity index (χ0) is 14.7. The van der Waals surface area contributed by atoms with Crippen molar-refractivity contribution in [1.82, 2.24) is 4.90 Å². The quantitative estimate of drug-likeness (QED) is 0.853. The van der Waals surface area contributed by atoms with Gasteiger partial charge in [0.1, 0.15) is 5.75 Å². The molecule has 1 amide bonds. The topological polar surface area (TPSA) is 32.8 Å². The van der Waals surface area contributed by atoms with Gasteiger partial charge in [0.15, 0.2) is 0 Å². The number of anilines is 1. The molecule has 0 unspecified atom stereocenters. The number of benzene rings is 1. The van der Waals surface area contributed by atoms with E-state index in [1.165, 1.54) is 6.42 Å². The molecule has 0 atom stereocenters. The second-order valence-electron chi connectivity index (χ2n) is 5.84. The van der Waals surface area contributed by atoms with Gasteiger partial charge in [0.2, 0.25) is 5.91 Å². The Morgan fingerprint density at radius 1 is 1.19 bits per heavy atom. The number of carbonyl (C=O) groups is 1. The molecule has 0 spiro atoms. The summed E-state index contributed by atoms with van der Waals surface area (Å²) in [7, 11) is 0. The Morgan fingerprint density at radius 3 is 2.52 bits per heavy atom. The summed E-state index contributed by atoms with van der Waals surface area (Å²) in [5, 5.41) is 0. The zero-order valence-corrected chi connectivity index (χ0v) is 12.8. The lowest BCUT2D eigenvalue weighted by molar-refractivity contribution is -0.138. The van der Waals surface area contributed by atoms with Crippen molar-refractivity contribution < 1.29 is 9.53 Å². The van der Waals surface area contributed by atoms with Gasteiger partial charge in [-0.3, -0.25) is 4.79 Å². The summed E-state index contributed by atoms with van der Waals surface area (Å²) >= 11 is 0. The molecule has 2 aliphatic rings. The lowest BCUT2D eigenvalue weighted by Gasteiger charge is -2.39. The molecule has 3 rings (SSSR count). The molecule has 1 saturated carbocycles. The maximum absolute atomic E-state index is 12.3. The molecule has 0 radical (unpaired) electrons. The Bertz CT molecular complexity index is 491. The van der Waals surface area contributed by atoms with Gasteiger partial charge in [-0.2, -0.15) is 0 Å². The van der Waals surface area contributed by atoms with E-state index in [-0.39, 0.29) is 0 Å². The lowest BCUT2D eigenvalue weighted by Crippen LogP contribution is -2.51. The number of hydrogen-bond acceptors (Lipinski definition) is 3. The van der Waals surface area contributed by atoms with E-state index in [2.05, 4.69) is 11.0 Å². The minimum absolute atomic E-state index is 0.312. The van der Waals surface area contributed by atoms with Gasteiger partial charge in [-0.05, 0) is 31.9 Å². The van der Waals surface area contributed by atoms with E-state index >= 15 is 0 Å². The predicted molar refractivity (Wildman–Crippen MR) is 83.7 cm³/mol. The highest BCUT2D eigenvalue weighted by Crippen LogP contribution is 2.31. The zero-order valence-electron chi connectivity index (χ0n) is 12.8. The van der Waals surface area contributed by atoms with Gasteiger partial charge in [0.25, 0.3) is 0 Å². The highest BCUT2D eigenvalue weighted by atomic mass is 16.5. The number of rotatable bonds is 4. The number of hydrogen-bond donors (Lipinski definition) is 0. The van der Waals surface area contributed by atoms with Gasteiger partial charge in [0, 0.05) is 32.1 Å². The van der Waals surface area contributed by atoms with E-state index in [1.807, 2.05) is 30.0 Å². The van der Waals surface area contributed by atoms with Crippen molar-refractivity contribution in [3.8, 4) is 5.75 Å². The number of nitrogens with zero attached hydrogens (tertiary/aromatic N) is 2. The highest BCUT2D eigenvalue weighted by Gasteiger charge is 2.31. The largest absolute Gasteiger partial charge is 0.492 e. The monoisotopic (exact) mass is 288 g/mol. The SMILES string of the molecule is CCOc1ccccc1N1CCN(C(=O)C2CCC2)CC1. The number of ether oxygens (including phenoxy) is 1. The van der Waals surface area contributed by atoms with Gasteiger partial charge in [-0.1, -0.05) is 18.6 Å². The van der Waals surface area contributed by atoms with Crippen LogP contribution in [0.2, 0.25) is 0 Å². The van der Waals surface area contributed by atoms with Crippen molar-refractivity contribution >= 4 is 11.6 Å². The molecule has 1 heterocycles. The van der Waals surface area contributed by atoms with E-state index in [4.69, 9.17) is 4.74 Å². The lowest BCUT2D eigenvalue weighted by atomic mass is 9.84. The van der Waals surface area contributed by atoms with E-state index in [0.717, 1.165) is 50.5 Å². The Hall–Kier alpha value is -1.71. The first-order chi connectivity index (χ1) is 10.3. The van der Waals surface area contributed by atoms with E-state index in [1.54, 1.807) is 0 Å². The molecular formula is C17H24N2O2. The van der Waals surface area contributed by atoms with Gasteiger partial charge in [-0.25, -0.2) is 0 Å². The summed E-state index contributed by atoms with van der Waals surface area (Å²) in [4.78, 5) is 16.6. The van der Waals surface area contributed by atoms with Gasteiger partial charge in [0.05, 0.1) is 12.3 Å². The average molecular weight is 288 g/mol. The number of piperazine rings is 1. The second-order valence-corrected chi connectivity index (χ2v) is 5.84. The molecule has 0 aromatic heterocycles. The molecule has 2 fully saturated rings. The molecular weight excluding hydrogens is 264 g/mol. The Labute approximate surface area is 126 Å². The van der Waals surface area contributed by atoms with Crippen molar-refractivity contribution in [2.45, 2.75) is 26.2 Å². The van der Waals surface area contributed by atoms with Crippen LogP contribution in [0, 0.1) is 5.92 Å². The number of carbonyl (C=O) groups excluding carboxylic acids is 1. The van der Waals surface area contributed by atoms with Crippen molar-refractivity contribution in [3.63, 3.8) is 0 Å². The molecule has 1 aliphatic carbocycles. The molecule has 1 saturated heterocycles. The van der Waals surface area contributed by atoms with E-state index in [0.29, 0.717) is 18.4 Å². The van der Waals surface area contributed by atoms with Crippen molar-refractivity contribution in [1.29, 1.82) is 0 Å². The van der Waals surface area contributed by atoms with Crippen LogP contribution in [0.15, 0.2) is 24.3 Å². The third-order valence-electron chi connectivity index (χ3n) is 4.55. The second kappa shape index (κ2) is 6.37.